The molecule has 1 unspecified atom stereocenters. The highest BCUT2D eigenvalue weighted by Crippen LogP contribution is 2.05. The van der Waals surface area contributed by atoms with Crippen LogP contribution in [0.5, 0.6) is 0 Å². The summed E-state index contributed by atoms with van der Waals surface area (Å²) in [6, 6.07) is 0. The van der Waals surface area contributed by atoms with Crippen molar-refractivity contribution in [1.29, 1.82) is 0 Å². The molecule has 1 aliphatic rings. The van der Waals surface area contributed by atoms with Gasteiger partial charge < -0.3 is 14.8 Å². The Hall–Kier alpha value is -0.790. The maximum absolute atomic E-state index is 12.1. The molecule has 2 heterocycles. The number of aryl methyl sites for hydroxylation is 1. The van der Waals surface area contributed by atoms with Crippen molar-refractivity contribution in [3.05, 3.63) is 5.82 Å². The van der Waals surface area contributed by atoms with E-state index in [2.05, 4.69) is 20.4 Å². The Kier molecular flexibility index (Phi) is 4.85. The van der Waals surface area contributed by atoms with Gasteiger partial charge in [-0.05, 0) is 19.9 Å². The van der Waals surface area contributed by atoms with Gasteiger partial charge in [0.1, 0.15) is 5.82 Å². The van der Waals surface area contributed by atoms with Crippen LogP contribution in [0.15, 0.2) is 5.16 Å². The minimum atomic E-state index is -1.03. The molecule has 0 spiro atoms. The summed E-state index contributed by atoms with van der Waals surface area (Å²) in [5, 5.41) is 11.8. The average molecular weight is 271 g/mol. The SMILES string of the molecule is Cc1nnc(S(=O)CCCN2CCNCC2)n1C. The highest BCUT2D eigenvalue weighted by atomic mass is 32.2. The second-order valence-corrected chi connectivity index (χ2v) is 6.05. The Balaban J connectivity index is 1.76. The second kappa shape index (κ2) is 6.40. The predicted octanol–water partition coefficient (Wildman–Crippen LogP) is -0.474. The van der Waals surface area contributed by atoms with Gasteiger partial charge in [0.15, 0.2) is 0 Å². The number of rotatable bonds is 5. The molecule has 0 bridgehead atoms. The van der Waals surface area contributed by atoms with Crippen LogP contribution in [0.2, 0.25) is 0 Å². The molecule has 1 aromatic heterocycles. The van der Waals surface area contributed by atoms with E-state index in [4.69, 9.17) is 0 Å². The summed E-state index contributed by atoms with van der Waals surface area (Å²) < 4.78 is 13.9. The van der Waals surface area contributed by atoms with E-state index in [1.807, 2.05) is 14.0 Å². The molecule has 0 radical (unpaired) electrons. The fraction of sp³-hybridized carbons (Fsp3) is 0.818. The normalized spacial score (nSPS) is 19.0. The van der Waals surface area contributed by atoms with Crippen LogP contribution in [-0.2, 0) is 17.8 Å². The molecule has 0 saturated carbocycles. The number of piperazine rings is 1. The van der Waals surface area contributed by atoms with Crippen molar-refractivity contribution >= 4 is 10.8 Å². The molecule has 6 nitrogen and oxygen atoms in total. The Bertz CT molecular complexity index is 414. The summed E-state index contributed by atoms with van der Waals surface area (Å²) in [5.41, 5.74) is 0. The molecule has 1 fully saturated rings. The molecule has 1 aromatic rings. The van der Waals surface area contributed by atoms with Gasteiger partial charge >= 0.3 is 0 Å². The van der Waals surface area contributed by atoms with Crippen LogP contribution in [0.3, 0.4) is 0 Å². The zero-order valence-electron chi connectivity index (χ0n) is 11.1. The molecule has 0 amide bonds. The van der Waals surface area contributed by atoms with Gasteiger partial charge in [0.05, 0.1) is 10.8 Å². The van der Waals surface area contributed by atoms with Crippen molar-refractivity contribution < 1.29 is 4.21 Å². The van der Waals surface area contributed by atoms with Crippen molar-refractivity contribution in [2.24, 2.45) is 7.05 Å². The van der Waals surface area contributed by atoms with Gasteiger partial charge in [0.2, 0.25) is 5.16 Å². The van der Waals surface area contributed by atoms with E-state index >= 15 is 0 Å². The minimum Gasteiger partial charge on any atom is -0.314 e. The summed E-state index contributed by atoms with van der Waals surface area (Å²) in [4.78, 5) is 2.41. The first-order valence-electron chi connectivity index (χ1n) is 6.36. The quantitative estimate of drug-likeness (QED) is 0.784. The number of hydrogen-bond acceptors (Lipinski definition) is 5. The Morgan fingerprint density at radius 3 is 2.67 bits per heavy atom. The molecule has 1 aliphatic heterocycles. The van der Waals surface area contributed by atoms with Gasteiger partial charge in [0.25, 0.3) is 0 Å². The zero-order valence-corrected chi connectivity index (χ0v) is 11.9. The van der Waals surface area contributed by atoms with Crippen LogP contribution < -0.4 is 5.32 Å². The Morgan fingerprint density at radius 2 is 2.06 bits per heavy atom. The summed E-state index contributed by atoms with van der Waals surface area (Å²) in [6.45, 7) is 7.20. The van der Waals surface area contributed by atoms with Gasteiger partial charge in [-0.25, -0.2) is 0 Å². The molecular weight excluding hydrogens is 250 g/mol. The lowest BCUT2D eigenvalue weighted by Crippen LogP contribution is -2.43. The first-order chi connectivity index (χ1) is 8.68. The molecule has 18 heavy (non-hydrogen) atoms. The molecule has 102 valence electrons. The van der Waals surface area contributed by atoms with E-state index in [0.717, 1.165) is 45.0 Å². The highest BCUT2D eigenvalue weighted by Gasteiger charge is 2.14. The molecule has 0 aromatic carbocycles. The first-order valence-corrected chi connectivity index (χ1v) is 7.68. The van der Waals surface area contributed by atoms with E-state index < -0.39 is 10.8 Å². The third-order valence-corrected chi connectivity index (χ3v) is 4.69. The molecule has 7 heteroatoms. The predicted molar refractivity (Wildman–Crippen MR) is 70.9 cm³/mol. The number of nitrogens with one attached hydrogen (secondary N) is 1. The molecular formula is C11H21N5OS. The van der Waals surface area contributed by atoms with E-state index in [-0.39, 0.29) is 0 Å². The van der Waals surface area contributed by atoms with E-state index in [1.165, 1.54) is 0 Å². The van der Waals surface area contributed by atoms with Gasteiger partial charge in [-0.3, -0.25) is 4.21 Å². The van der Waals surface area contributed by atoms with E-state index in [1.54, 1.807) is 4.57 Å². The molecule has 2 rings (SSSR count). The molecule has 1 N–H and O–H groups in total. The van der Waals surface area contributed by atoms with E-state index in [0.29, 0.717) is 10.9 Å². The van der Waals surface area contributed by atoms with Gasteiger partial charge in [0, 0.05) is 39.0 Å². The zero-order chi connectivity index (χ0) is 13.0. The Labute approximate surface area is 110 Å². The van der Waals surface area contributed by atoms with Crippen molar-refractivity contribution in [2.75, 3.05) is 38.5 Å². The van der Waals surface area contributed by atoms with Crippen molar-refractivity contribution in [3.8, 4) is 0 Å². The molecule has 1 atom stereocenters. The van der Waals surface area contributed by atoms with Gasteiger partial charge in [-0.15, -0.1) is 10.2 Å². The van der Waals surface area contributed by atoms with Crippen LogP contribution in [-0.4, -0.2) is 62.3 Å². The topological polar surface area (TPSA) is 63.1 Å². The van der Waals surface area contributed by atoms with Crippen LogP contribution >= 0.6 is 0 Å². The lowest BCUT2D eigenvalue weighted by atomic mass is 10.3. The summed E-state index contributed by atoms with van der Waals surface area (Å²) >= 11 is 0. The first kappa shape index (κ1) is 13.6. The summed E-state index contributed by atoms with van der Waals surface area (Å²) in [7, 11) is 0.829. The third-order valence-electron chi connectivity index (χ3n) is 3.27. The summed E-state index contributed by atoms with van der Waals surface area (Å²) in [5.74, 6) is 1.47. The summed E-state index contributed by atoms with van der Waals surface area (Å²) in [6.07, 6.45) is 0.943. The van der Waals surface area contributed by atoms with Crippen molar-refractivity contribution in [2.45, 2.75) is 18.5 Å². The fourth-order valence-electron chi connectivity index (χ4n) is 2.03. The molecule has 0 aliphatic carbocycles. The largest absolute Gasteiger partial charge is 0.314 e. The fourth-order valence-corrected chi connectivity index (χ4v) is 3.17. The molecule has 1 saturated heterocycles. The Morgan fingerprint density at radius 1 is 1.33 bits per heavy atom. The average Bonchev–Trinajstić information content (AvgIpc) is 2.71. The number of hydrogen-bond donors (Lipinski definition) is 1. The lowest BCUT2D eigenvalue weighted by molar-refractivity contribution is 0.242. The lowest BCUT2D eigenvalue weighted by Gasteiger charge is -2.26. The number of aromatic nitrogens is 3. The van der Waals surface area contributed by atoms with Crippen LogP contribution in [0, 0.1) is 6.92 Å². The van der Waals surface area contributed by atoms with E-state index in [9.17, 15) is 4.21 Å². The highest BCUT2D eigenvalue weighted by molar-refractivity contribution is 7.84. The van der Waals surface area contributed by atoms with Gasteiger partial charge in [-0.2, -0.15) is 0 Å². The maximum atomic E-state index is 12.1. The van der Waals surface area contributed by atoms with Gasteiger partial charge in [-0.1, -0.05) is 0 Å². The monoisotopic (exact) mass is 271 g/mol. The standard InChI is InChI=1S/C11H21N5OS/c1-10-13-14-11(15(10)2)18(17)9-3-6-16-7-4-12-5-8-16/h12H,3-9H2,1-2H3. The second-order valence-electron chi connectivity index (χ2n) is 4.58. The van der Waals surface area contributed by atoms with Crippen LogP contribution in [0.4, 0.5) is 0 Å². The smallest absolute Gasteiger partial charge is 0.221 e. The van der Waals surface area contributed by atoms with Crippen LogP contribution in [0.25, 0.3) is 0 Å². The van der Waals surface area contributed by atoms with Crippen molar-refractivity contribution in [1.82, 2.24) is 25.0 Å². The minimum absolute atomic E-state index is 0.591. The number of nitrogens with zero attached hydrogens (tertiary/aromatic N) is 4. The third kappa shape index (κ3) is 3.37. The van der Waals surface area contributed by atoms with Crippen LogP contribution in [0.1, 0.15) is 12.2 Å². The van der Waals surface area contributed by atoms with Crippen molar-refractivity contribution in [3.63, 3.8) is 0 Å². The maximum Gasteiger partial charge on any atom is 0.221 e.